The fraction of sp³-hybridized carbons (Fsp3) is 0.227. The monoisotopic (exact) mass is 390 g/mol. The van der Waals surface area contributed by atoms with E-state index < -0.39 is 0 Å². The number of aromatic nitrogens is 3. The molecule has 0 saturated carbocycles. The van der Waals surface area contributed by atoms with Gasteiger partial charge in [0.2, 0.25) is 0 Å². The number of carbonyl (C=O) groups is 1. The van der Waals surface area contributed by atoms with Gasteiger partial charge in [-0.05, 0) is 48.7 Å². The maximum Gasteiger partial charge on any atom is 0.257 e. The van der Waals surface area contributed by atoms with Crippen molar-refractivity contribution in [1.82, 2.24) is 19.5 Å². The lowest BCUT2D eigenvalue weighted by Gasteiger charge is -2.30. The number of hydrogen-bond donors (Lipinski definition) is 0. The van der Waals surface area contributed by atoms with Gasteiger partial charge < -0.3 is 9.32 Å². The third-order valence-electron chi connectivity index (χ3n) is 5.42. The second-order valence-electron chi connectivity index (χ2n) is 7.28. The highest BCUT2D eigenvalue weighted by atomic mass is 19.1. The predicted octanol–water partition coefficient (Wildman–Crippen LogP) is 4.15. The van der Waals surface area contributed by atoms with Crippen molar-refractivity contribution in [2.75, 3.05) is 13.1 Å². The van der Waals surface area contributed by atoms with Gasteiger partial charge in [-0.15, -0.1) is 0 Å². The molecule has 0 radical (unpaired) electrons. The lowest BCUT2D eigenvalue weighted by Crippen LogP contribution is -2.37. The van der Waals surface area contributed by atoms with E-state index in [4.69, 9.17) is 4.42 Å². The van der Waals surface area contributed by atoms with Crippen molar-refractivity contribution < 1.29 is 13.6 Å². The average Bonchev–Trinajstić information content (AvgIpc) is 3.43. The number of likely N-dealkylation sites (tertiary alicyclic amines) is 1. The highest BCUT2D eigenvalue weighted by molar-refractivity contribution is 5.93. The number of benzene rings is 1. The van der Waals surface area contributed by atoms with Gasteiger partial charge in [0.1, 0.15) is 12.1 Å². The minimum atomic E-state index is -0.265. The molecule has 1 aliphatic rings. The summed E-state index contributed by atoms with van der Waals surface area (Å²) < 4.78 is 20.3. The van der Waals surface area contributed by atoms with Gasteiger partial charge >= 0.3 is 0 Å². The Balaban J connectivity index is 1.33. The third kappa shape index (κ3) is 3.40. The van der Waals surface area contributed by atoms with E-state index in [0.29, 0.717) is 18.7 Å². The summed E-state index contributed by atoms with van der Waals surface area (Å²) in [5.74, 6) is 0.733. The number of nitrogens with zero attached hydrogens (tertiary/aromatic N) is 4. The number of amides is 1. The smallest absolute Gasteiger partial charge is 0.257 e. The molecular formula is C22H19FN4O2. The van der Waals surface area contributed by atoms with E-state index in [2.05, 4.69) is 10.1 Å². The molecule has 7 heteroatoms. The normalized spacial score (nSPS) is 15.1. The van der Waals surface area contributed by atoms with Crippen LogP contribution in [0.25, 0.3) is 16.8 Å². The van der Waals surface area contributed by atoms with Gasteiger partial charge in [-0.1, -0.05) is 12.1 Å². The van der Waals surface area contributed by atoms with Crippen LogP contribution in [0.4, 0.5) is 4.39 Å². The van der Waals surface area contributed by atoms with Crippen molar-refractivity contribution >= 4 is 11.6 Å². The molecule has 5 rings (SSSR count). The predicted molar refractivity (Wildman–Crippen MR) is 105 cm³/mol. The van der Waals surface area contributed by atoms with Crippen molar-refractivity contribution in [2.24, 2.45) is 0 Å². The number of furan rings is 1. The van der Waals surface area contributed by atoms with E-state index >= 15 is 0 Å². The summed E-state index contributed by atoms with van der Waals surface area (Å²) in [7, 11) is 0. The van der Waals surface area contributed by atoms with Gasteiger partial charge in [-0.2, -0.15) is 5.10 Å². The zero-order valence-electron chi connectivity index (χ0n) is 15.7. The van der Waals surface area contributed by atoms with Crippen molar-refractivity contribution in [1.29, 1.82) is 0 Å². The van der Waals surface area contributed by atoms with Crippen LogP contribution in [0, 0.1) is 5.82 Å². The summed E-state index contributed by atoms with van der Waals surface area (Å²) in [5, 5.41) is 4.66. The molecule has 29 heavy (non-hydrogen) atoms. The van der Waals surface area contributed by atoms with Crippen LogP contribution in [0.3, 0.4) is 0 Å². The van der Waals surface area contributed by atoms with E-state index in [1.807, 2.05) is 29.3 Å². The van der Waals surface area contributed by atoms with Crippen LogP contribution in [0.15, 0.2) is 65.6 Å². The maximum atomic E-state index is 13.5. The van der Waals surface area contributed by atoms with E-state index in [9.17, 15) is 9.18 Å². The first-order valence-electron chi connectivity index (χ1n) is 9.61. The van der Waals surface area contributed by atoms with Crippen molar-refractivity contribution in [3.8, 4) is 11.1 Å². The standard InChI is InChI=1S/C22H19FN4O2/c23-19-3-1-2-16(12-19)17-4-5-20-24-21(25-27(20)13-17)15-6-9-26(10-7-15)22(28)18-8-11-29-14-18/h1-5,8,11-15H,6-7,9-10H2. The number of carbonyl (C=O) groups excluding carboxylic acids is 1. The number of hydrogen-bond acceptors (Lipinski definition) is 4. The van der Waals surface area contributed by atoms with E-state index in [1.54, 1.807) is 16.6 Å². The molecule has 1 aliphatic heterocycles. The topological polar surface area (TPSA) is 63.6 Å². The van der Waals surface area contributed by atoms with Crippen molar-refractivity contribution in [3.05, 3.63) is 78.4 Å². The van der Waals surface area contributed by atoms with Crippen LogP contribution >= 0.6 is 0 Å². The van der Waals surface area contributed by atoms with E-state index in [1.165, 1.54) is 24.7 Å². The first-order chi connectivity index (χ1) is 14.2. The van der Waals surface area contributed by atoms with Crippen LogP contribution in [0.5, 0.6) is 0 Å². The molecule has 1 saturated heterocycles. The maximum absolute atomic E-state index is 13.5. The quantitative estimate of drug-likeness (QED) is 0.527. The minimum Gasteiger partial charge on any atom is -0.472 e. The third-order valence-corrected chi connectivity index (χ3v) is 5.42. The summed E-state index contributed by atoms with van der Waals surface area (Å²) in [5.41, 5.74) is 3.03. The van der Waals surface area contributed by atoms with Gasteiger partial charge in [0, 0.05) is 30.8 Å². The van der Waals surface area contributed by atoms with Crippen LogP contribution in [0.1, 0.15) is 34.9 Å². The lowest BCUT2D eigenvalue weighted by atomic mass is 9.96. The number of rotatable bonds is 3. The molecule has 0 N–H and O–H groups in total. The number of halogens is 1. The Morgan fingerprint density at radius 1 is 1.10 bits per heavy atom. The molecule has 3 aromatic heterocycles. The van der Waals surface area contributed by atoms with Gasteiger partial charge in [0.15, 0.2) is 11.5 Å². The van der Waals surface area contributed by atoms with E-state index in [0.717, 1.165) is 35.4 Å². The van der Waals surface area contributed by atoms with Crippen LogP contribution in [-0.4, -0.2) is 38.5 Å². The van der Waals surface area contributed by atoms with Crippen LogP contribution in [-0.2, 0) is 0 Å². The SMILES string of the molecule is O=C(c1ccoc1)N1CCC(c2nc3ccc(-c4cccc(F)c4)cn3n2)CC1. The summed E-state index contributed by atoms with van der Waals surface area (Å²) in [4.78, 5) is 19.0. The second kappa shape index (κ2) is 7.16. The molecule has 0 unspecified atom stereocenters. The molecule has 4 heterocycles. The average molecular weight is 390 g/mol. The Bertz CT molecular complexity index is 1160. The Labute approximate surface area is 166 Å². The molecule has 1 aromatic carbocycles. The first kappa shape index (κ1) is 17.6. The molecule has 6 nitrogen and oxygen atoms in total. The Kier molecular flexibility index (Phi) is 4.35. The summed E-state index contributed by atoms with van der Waals surface area (Å²) in [6.07, 6.45) is 6.50. The Hall–Kier alpha value is -3.48. The van der Waals surface area contributed by atoms with Crippen LogP contribution in [0.2, 0.25) is 0 Å². The zero-order valence-corrected chi connectivity index (χ0v) is 15.7. The lowest BCUT2D eigenvalue weighted by molar-refractivity contribution is 0.0710. The first-order valence-corrected chi connectivity index (χ1v) is 9.61. The molecule has 1 fully saturated rings. The second-order valence-corrected chi connectivity index (χ2v) is 7.28. The molecule has 1 amide bonds. The molecule has 0 spiro atoms. The fourth-order valence-corrected chi connectivity index (χ4v) is 3.82. The van der Waals surface area contributed by atoms with E-state index in [-0.39, 0.29) is 17.6 Å². The summed E-state index contributed by atoms with van der Waals surface area (Å²) >= 11 is 0. The molecule has 0 bridgehead atoms. The Morgan fingerprint density at radius 3 is 2.72 bits per heavy atom. The Morgan fingerprint density at radius 2 is 1.97 bits per heavy atom. The van der Waals surface area contributed by atoms with Gasteiger partial charge in [-0.25, -0.2) is 13.9 Å². The molecule has 0 aliphatic carbocycles. The van der Waals surface area contributed by atoms with Gasteiger partial charge in [0.25, 0.3) is 5.91 Å². The number of pyridine rings is 1. The van der Waals surface area contributed by atoms with Gasteiger partial charge in [0.05, 0.1) is 11.8 Å². The molecule has 146 valence electrons. The fourth-order valence-electron chi connectivity index (χ4n) is 3.82. The zero-order chi connectivity index (χ0) is 19.8. The number of piperidine rings is 1. The summed E-state index contributed by atoms with van der Waals surface area (Å²) in [6, 6.07) is 12.0. The van der Waals surface area contributed by atoms with Gasteiger partial charge in [-0.3, -0.25) is 4.79 Å². The summed E-state index contributed by atoms with van der Waals surface area (Å²) in [6.45, 7) is 1.33. The van der Waals surface area contributed by atoms with Crippen molar-refractivity contribution in [2.45, 2.75) is 18.8 Å². The highest BCUT2D eigenvalue weighted by Crippen LogP contribution is 2.28. The molecule has 0 atom stereocenters. The number of fused-ring (bicyclic) bond motifs is 1. The van der Waals surface area contributed by atoms with Crippen LogP contribution < -0.4 is 0 Å². The van der Waals surface area contributed by atoms with Crippen molar-refractivity contribution in [3.63, 3.8) is 0 Å². The largest absolute Gasteiger partial charge is 0.472 e. The molecule has 4 aromatic rings. The molecular weight excluding hydrogens is 371 g/mol. The highest BCUT2D eigenvalue weighted by Gasteiger charge is 2.27. The minimum absolute atomic E-state index is 0.0000965.